The molecule has 0 fully saturated rings. The smallest absolute Gasteiger partial charge is 0.311 e. The van der Waals surface area contributed by atoms with E-state index in [1.54, 1.807) is 12.3 Å². The molecule has 0 saturated heterocycles. The molecule has 6 heteroatoms. The van der Waals surface area contributed by atoms with Gasteiger partial charge in [0.25, 0.3) is 0 Å². The third kappa shape index (κ3) is 1.95. The number of hydrogen-bond donors (Lipinski definition) is 0. The standard InChI is InChI=1S/C20H14FN3O2/c1-2-23-20(25)19-17(11-22-23)24-15-6-4-3-5-12(15)9-16(24)14-10-13(21)7-8-18(14)26-19/h3-11H,2H2,1H3. The maximum Gasteiger partial charge on any atom is 0.311 e. The molecule has 1 aliphatic heterocycles. The molecule has 0 spiro atoms. The van der Waals surface area contributed by atoms with Crippen LogP contribution in [0.1, 0.15) is 6.92 Å². The van der Waals surface area contributed by atoms with E-state index >= 15 is 0 Å². The van der Waals surface area contributed by atoms with E-state index in [0.29, 0.717) is 23.5 Å². The fourth-order valence-corrected chi connectivity index (χ4v) is 3.46. The molecular weight excluding hydrogens is 333 g/mol. The molecule has 0 radical (unpaired) electrons. The molecule has 128 valence electrons. The highest BCUT2D eigenvalue weighted by atomic mass is 19.1. The van der Waals surface area contributed by atoms with Gasteiger partial charge >= 0.3 is 5.56 Å². The summed E-state index contributed by atoms with van der Waals surface area (Å²) < 4.78 is 23.2. The first-order chi connectivity index (χ1) is 12.7. The molecule has 2 aromatic heterocycles. The largest absolute Gasteiger partial charge is 0.448 e. The van der Waals surface area contributed by atoms with Crippen LogP contribution in [0.15, 0.2) is 59.5 Å². The summed E-state index contributed by atoms with van der Waals surface area (Å²) >= 11 is 0. The van der Waals surface area contributed by atoms with Gasteiger partial charge in [-0.15, -0.1) is 0 Å². The predicted molar refractivity (Wildman–Crippen MR) is 96.5 cm³/mol. The molecule has 0 amide bonds. The van der Waals surface area contributed by atoms with Crippen molar-refractivity contribution in [1.29, 1.82) is 0 Å². The number of para-hydroxylation sites is 1. The molecule has 3 heterocycles. The van der Waals surface area contributed by atoms with Crippen molar-refractivity contribution in [3.63, 3.8) is 0 Å². The Labute approximate surface area is 147 Å². The van der Waals surface area contributed by atoms with Crippen LogP contribution in [-0.4, -0.2) is 14.3 Å². The van der Waals surface area contributed by atoms with E-state index in [1.165, 1.54) is 16.8 Å². The number of rotatable bonds is 1. The second-order valence-corrected chi connectivity index (χ2v) is 6.15. The van der Waals surface area contributed by atoms with Gasteiger partial charge in [0, 0.05) is 17.5 Å². The summed E-state index contributed by atoms with van der Waals surface area (Å²) in [6.45, 7) is 2.28. The Balaban J connectivity index is 1.98. The lowest BCUT2D eigenvalue weighted by molar-refractivity contribution is 0.458. The monoisotopic (exact) mass is 347 g/mol. The first-order valence-corrected chi connectivity index (χ1v) is 8.36. The van der Waals surface area contributed by atoms with Crippen molar-refractivity contribution >= 4 is 10.9 Å². The lowest BCUT2D eigenvalue weighted by Crippen LogP contribution is -2.24. The minimum absolute atomic E-state index is 0.190. The van der Waals surface area contributed by atoms with Gasteiger partial charge in [0.05, 0.1) is 17.4 Å². The van der Waals surface area contributed by atoms with Gasteiger partial charge < -0.3 is 9.30 Å². The third-order valence-electron chi connectivity index (χ3n) is 4.66. The molecule has 0 atom stereocenters. The zero-order chi connectivity index (χ0) is 17.8. The van der Waals surface area contributed by atoms with E-state index < -0.39 is 0 Å². The lowest BCUT2D eigenvalue weighted by Gasteiger charge is -2.11. The summed E-state index contributed by atoms with van der Waals surface area (Å²) in [6.07, 6.45) is 1.62. The van der Waals surface area contributed by atoms with Crippen molar-refractivity contribution in [3.05, 3.63) is 70.9 Å². The molecule has 26 heavy (non-hydrogen) atoms. The van der Waals surface area contributed by atoms with Gasteiger partial charge in [-0.25, -0.2) is 9.07 Å². The lowest BCUT2D eigenvalue weighted by atomic mass is 10.1. The average Bonchev–Trinajstić information content (AvgIpc) is 2.97. The van der Waals surface area contributed by atoms with E-state index in [0.717, 1.165) is 16.6 Å². The third-order valence-corrected chi connectivity index (χ3v) is 4.66. The molecule has 4 aromatic rings. The van der Waals surface area contributed by atoms with E-state index in [9.17, 15) is 9.18 Å². The van der Waals surface area contributed by atoms with Crippen LogP contribution in [0.25, 0.3) is 27.8 Å². The predicted octanol–water partition coefficient (Wildman–Crippen LogP) is 4.12. The molecule has 0 aliphatic carbocycles. The Hall–Kier alpha value is -3.41. The quantitative estimate of drug-likeness (QED) is 0.458. The van der Waals surface area contributed by atoms with Gasteiger partial charge in [-0.1, -0.05) is 18.2 Å². The van der Waals surface area contributed by atoms with Crippen LogP contribution < -0.4 is 10.3 Å². The van der Waals surface area contributed by atoms with E-state index in [-0.39, 0.29) is 17.1 Å². The summed E-state index contributed by atoms with van der Waals surface area (Å²) in [5.74, 6) is 0.272. The van der Waals surface area contributed by atoms with Gasteiger partial charge in [0.15, 0.2) is 0 Å². The summed E-state index contributed by atoms with van der Waals surface area (Å²) in [7, 11) is 0. The number of aromatic nitrogens is 3. The molecule has 5 nitrogen and oxygen atoms in total. The molecule has 0 N–H and O–H groups in total. The molecule has 2 aromatic carbocycles. The zero-order valence-electron chi connectivity index (χ0n) is 13.9. The SMILES string of the molecule is CCn1ncc2c(c1=O)Oc1ccc(F)cc1-c1cc3ccccc3n1-2. The average molecular weight is 347 g/mol. The number of hydrogen-bond acceptors (Lipinski definition) is 3. The normalized spacial score (nSPS) is 12.1. The van der Waals surface area contributed by atoms with E-state index in [4.69, 9.17) is 4.74 Å². The highest BCUT2D eigenvalue weighted by molar-refractivity contribution is 5.91. The van der Waals surface area contributed by atoms with Gasteiger partial charge in [0.2, 0.25) is 5.75 Å². The zero-order valence-corrected chi connectivity index (χ0v) is 13.9. The van der Waals surface area contributed by atoms with Gasteiger partial charge in [-0.2, -0.15) is 5.10 Å². The fourth-order valence-electron chi connectivity index (χ4n) is 3.46. The molecule has 0 saturated carbocycles. The van der Waals surface area contributed by atoms with Crippen molar-refractivity contribution in [3.8, 4) is 28.4 Å². The van der Waals surface area contributed by atoms with Crippen molar-refractivity contribution in [2.45, 2.75) is 13.5 Å². The summed E-state index contributed by atoms with van der Waals surface area (Å²) in [5.41, 5.74) is 2.49. The first kappa shape index (κ1) is 14.9. The number of ether oxygens (including phenoxy) is 1. The van der Waals surface area contributed by atoms with Crippen molar-refractivity contribution in [2.24, 2.45) is 0 Å². The van der Waals surface area contributed by atoms with Gasteiger partial charge in [-0.3, -0.25) is 4.79 Å². The highest BCUT2D eigenvalue weighted by Gasteiger charge is 2.26. The Morgan fingerprint density at radius 1 is 1.15 bits per heavy atom. The van der Waals surface area contributed by atoms with Crippen molar-refractivity contribution in [2.75, 3.05) is 0 Å². The number of fused-ring (bicyclic) bond motifs is 7. The second kappa shape index (κ2) is 5.29. The number of aryl methyl sites for hydroxylation is 1. The van der Waals surface area contributed by atoms with Crippen LogP contribution in [-0.2, 0) is 6.54 Å². The Morgan fingerprint density at radius 3 is 2.85 bits per heavy atom. The van der Waals surface area contributed by atoms with Crippen LogP contribution >= 0.6 is 0 Å². The van der Waals surface area contributed by atoms with Crippen molar-refractivity contribution in [1.82, 2.24) is 14.3 Å². The maximum absolute atomic E-state index is 14.0. The van der Waals surface area contributed by atoms with Gasteiger partial charge in [-0.05, 0) is 37.3 Å². The molecule has 1 aliphatic rings. The summed E-state index contributed by atoms with van der Waals surface area (Å²) in [5, 5.41) is 5.24. The minimum Gasteiger partial charge on any atom is -0.448 e. The van der Waals surface area contributed by atoms with Crippen LogP contribution in [0.3, 0.4) is 0 Å². The summed E-state index contributed by atoms with van der Waals surface area (Å²) in [6, 6.07) is 14.1. The van der Waals surface area contributed by atoms with Crippen LogP contribution in [0.2, 0.25) is 0 Å². The van der Waals surface area contributed by atoms with Crippen LogP contribution in [0.4, 0.5) is 4.39 Å². The molecular formula is C20H14FN3O2. The van der Waals surface area contributed by atoms with E-state index in [1.807, 2.05) is 41.8 Å². The molecule has 5 rings (SSSR count). The Kier molecular flexibility index (Phi) is 3.03. The number of halogens is 1. The van der Waals surface area contributed by atoms with E-state index in [2.05, 4.69) is 5.10 Å². The molecule has 0 bridgehead atoms. The van der Waals surface area contributed by atoms with Crippen molar-refractivity contribution < 1.29 is 9.13 Å². The topological polar surface area (TPSA) is 49.1 Å². The molecule has 0 unspecified atom stereocenters. The van der Waals surface area contributed by atoms with Crippen LogP contribution in [0.5, 0.6) is 11.5 Å². The fraction of sp³-hybridized carbons (Fsp3) is 0.100. The Bertz CT molecular complexity index is 1240. The summed E-state index contributed by atoms with van der Waals surface area (Å²) in [4.78, 5) is 12.8. The van der Waals surface area contributed by atoms with Crippen LogP contribution in [0, 0.1) is 5.82 Å². The maximum atomic E-state index is 14.0. The number of benzene rings is 2. The highest BCUT2D eigenvalue weighted by Crippen LogP contribution is 2.43. The minimum atomic E-state index is -0.362. The van der Waals surface area contributed by atoms with Gasteiger partial charge in [0.1, 0.15) is 17.3 Å². The first-order valence-electron chi connectivity index (χ1n) is 8.36. The number of nitrogens with zero attached hydrogens (tertiary/aromatic N) is 3. The Morgan fingerprint density at radius 2 is 2.00 bits per heavy atom. The second-order valence-electron chi connectivity index (χ2n) is 6.15.